The number of nitrogens with zero attached hydrogens (tertiary/aromatic N) is 2. The van der Waals surface area contributed by atoms with Gasteiger partial charge in [-0.2, -0.15) is 0 Å². The van der Waals surface area contributed by atoms with Crippen molar-refractivity contribution in [1.82, 2.24) is 15.1 Å². The molecule has 1 heterocycles. The molecule has 2 amide bonds. The summed E-state index contributed by atoms with van der Waals surface area (Å²) < 4.78 is 5.75. The SMILES string of the molecule is CC(=O)c1ccc(OCCCN2CCCC2NC(=O)[C@H](C)N(C(=O)O)C(C)(C)C)cc1. The molecule has 0 aromatic heterocycles. The second-order valence-corrected chi connectivity index (χ2v) is 8.98. The number of hydrogen-bond acceptors (Lipinski definition) is 5. The van der Waals surface area contributed by atoms with Crippen LogP contribution >= 0.6 is 0 Å². The van der Waals surface area contributed by atoms with Crippen molar-refractivity contribution in [3.63, 3.8) is 0 Å². The van der Waals surface area contributed by atoms with Gasteiger partial charge in [-0.05, 0) is 78.1 Å². The number of benzene rings is 1. The maximum Gasteiger partial charge on any atom is 0.408 e. The van der Waals surface area contributed by atoms with Crippen molar-refractivity contribution in [2.24, 2.45) is 0 Å². The van der Waals surface area contributed by atoms with Gasteiger partial charge in [0, 0.05) is 24.2 Å². The van der Waals surface area contributed by atoms with Gasteiger partial charge in [-0.1, -0.05) is 0 Å². The molecule has 1 aromatic carbocycles. The van der Waals surface area contributed by atoms with E-state index < -0.39 is 17.7 Å². The molecule has 0 radical (unpaired) electrons. The third-order valence-corrected chi connectivity index (χ3v) is 5.49. The number of carbonyl (C=O) groups is 3. The summed E-state index contributed by atoms with van der Waals surface area (Å²) in [5.74, 6) is 0.467. The number of nitrogens with one attached hydrogen (secondary N) is 1. The molecule has 1 unspecified atom stereocenters. The molecule has 1 saturated heterocycles. The zero-order valence-corrected chi connectivity index (χ0v) is 19.2. The van der Waals surface area contributed by atoms with E-state index in [1.165, 1.54) is 11.8 Å². The fourth-order valence-corrected chi connectivity index (χ4v) is 3.94. The lowest BCUT2D eigenvalue weighted by Crippen LogP contribution is -2.58. The molecule has 2 atom stereocenters. The van der Waals surface area contributed by atoms with Crippen molar-refractivity contribution in [2.45, 2.75) is 71.6 Å². The molecular formula is C23H35N3O5. The van der Waals surface area contributed by atoms with Gasteiger partial charge in [0.15, 0.2) is 5.78 Å². The Balaban J connectivity index is 1.82. The lowest BCUT2D eigenvalue weighted by molar-refractivity contribution is -0.128. The molecule has 0 bridgehead atoms. The maximum atomic E-state index is 12.7. The first-order chi connectivity index (χ1) is 14.5. The van der Waals surface area contributed by atoms with E-state index in [0.717, 1.165) is 38.1 Å². The third kappa shape index (κ3) is 6.95. The van der Waals surface area contributed by atoms with E-state index in [1.54, 1.807) is 52.0 Å². The molecule has 0 spiro atoms. The quantitative estimate of drug-likeness (QED) is 0.458. The minimum atomic E-state index is -1.10. The van der Waals surface area contributed by atoms with Crippen LogP contribution < -0.4 is 10.1 Å². The summed E-state index contributed by atoms with van der Waals surface area (Å²) in [7, 11) is 0. The summed E-state index contributed by atoms with van der Waals surface area (Å²) in [6.45, 7) is 10.7. The highest BCUT2D eigenvalue weighted by molar-refractivity contribution is 5.94. The second kappa shape index (κ2) is 10.6. The van der Waals surface area contributed by atoms with Crippen molar-refractivity contribution < 1.29 is 24.2 Å². The van der Waals surface area contributed by atoms with Crippen LogP contribution in [0.5, 0.6) is 5.75 Å². The minimum Gasteiger partial charge on any atom is -0.494 e. The van der Waals surface area contributed by atoms with Crippen molar-refractivity contribution in [3.05, 3.63) is 29.8 Å². The predicted molar refractivity (Wildman–Crippen MR) is 118 cm³/mol. The summed E-state index contributed by atoms with van der Waals surface area (Å²) in [4.78, 5) is 39.1. The first kappa shape index (κ1) is 24.7. The molecule has 0 saturated carbocycles. The molecule has 0 aliphatic carbocycles. The molecule has 8 nitrogen and oxygen atoms in total. The average Bonchev–Trinajstić information content (AvgIpc) is 3.11. The second-order valence-electron chi connectivity index (χ2n) is 8.98. The number of likely N-dealkylation sites (tertiary alicyclic amines) is 1. The number of carbonyl (C=O) groups excluding carboxylic acids is 2. The van der Waals surface area contributed by atoms with E-state index in [0.29, 0.717) is 12.2 Å². The van der Waals surface area contributed by atoms with Crippen molar-refractivity contribution in [1.29, 1.82) is 0 Å². The predicted octanol–water partition coefficient (Wildman–Crippen LogP) is 3.36. The van der Waals surface area contributed by atoms with Crippen LogP contribution in [0.25, 0.3) is 0 Å². The number of hydrogen-bond donors (Lipinski definition) is 2. The van der Waals surface area contributed by atoms with Gasteiger partial charge >= 0.3 is 6.09 Å². The van der Waals surface area contributed by atoms with Crippen LogP contribution in [0.1, 0.15) is 64.2 Å². The summed E-state index contributed by atoms with van der Waals surface area (Å²) in [6.07, 6.45) is 1.41. The van der Waals surface area contributed by atoms with Crippen molar-refractivity contribution in [3.8, 4) is 5.75 Å². The molecule has 2 N–H and O–H groups in total. The molecule has 31 heavy (non-hydrogen) atoms. The van der Waals surface area contributed by atoms with Crippen LogP contribution in [-0.2, 0) is 4.79 Å². The van der Waals surface area contributed by atoms with Crippen LogP contribution in [0.4, 0.5) is 4.79 Å². The third-order valence-electron chi connectivity index (χ3n) is 5.49. The number of rotatable bonds is 9. The molecule has 172 valence electrons. The first-order valence-corrected chi connectivity index (χ1v) is 10.8. The normalized spacial score (nSPS) is 17.8. The van der Waals surface area contributed by atoms with Crippen molar-refractivity contribution >= 4 is 17.8 Å². The highest BCUT2D eigenvalue weighted by Crippen LogP contribution is 2.20. The van der Waals surface area contributed by atoms with E-state index in [4.69, 9.17) is 4.74 Å². The van der Waals surface area contributed by atoms with E-state index in [-0.39, 0.29) is 17.9 Å². The van der Waals surface area contributed by atoms with Gasteiger partial charge in [0.1, 0.15) is 11.8 Å². The number of amides is 2. The van der Waals surface area contributed by atoms with E-state index >= 15 is 0 Å². The highest BCUT2D eigenvalue weighted by atomic mass is 16.5. The molecule has 2 rings (SSSR count). The molecule has 8 heteroatoms. The van der Waals surface area contributed by atoms with Crippen LogP contribution in [0.15, 0.2) is 24.3 Å². The summed E-state index contributed by atoms with van der Waals surface area (Å²) >= 11 is 0. The largest absolute Gasteiger partial charge is 0.494 e. The Morgan fingerprint density at radius 3 is 2.45 bits per heavy atom. The highest BCUT2D eigenvalue weighted by Gasteiger charge is 2.36. The molecule has 1 aliphatic rings. The Morgan fingerprint density at radius 1 is 1.26 bits per heavy atom. The van der Waals surface area contributed by atoms with Crippen molar-refractivity contribution in [2.75, 3.05) is 19.7 Å². The maximum absolute atomic E-state index is 12.7. The number of ketones is 1. The smallest absolute Gasteiger partial charge is 0.408 e. The summed E-state index contributed by atoms with van der Waals surface area (Å²) in [5.41, 5.74) is -0.0112. The first-order valence-electron chi connectivity index (χ1n) is 10.8. The topological polar surface area (TPSA) is 99.2 Å². The summed E-state index contributed by atoms with van der Waals surface area (Å²) in [6, 6.07) is 6.31. The Morgan fingerprint density at radius 2 is 1.90 bits per heavy atom. The van der Waals surface area contributed by atoms with Gasteiger partial charge in [0.2, 0.25) is 5.91 Å². The summed E-state index contributed by atoms with van der Waals surface area (Å²) in [5, 5.41) is 12.5. The number of ether oxygens (including phenoxy) is 1. The van der Waals surface area contributed by atoms with Crippen LogP contribution in [0.2, 0.25) is 0 Å². The molecule has 1 fully saturated rings. The zero-order valence-electron chi connectivity index (χ0n) is 19.2. The lowest BCUT2D eigenvalue weighted by Gasteiger charge is -2.38. The van der Waals surface area contributed by atoms with Gasteiger partial charge in [-0.25, -0.2) is 4.79 Å². The Hall–Kier alpha value is -2.61. The van der Waals surface area contributed by atoms with Gasteiger partial charge in [0.05, 0.1) is 12.8 Å². The van der Waals surface area contributed by atoms with Gasteiger partial charge in [0.25, 0.3) is 0 Å². The minimum absolute atomic E-state index is 0.0250. The monoisotopic (exact) mass is 433 g/mol. The standard InChI is InChI=1S/C23H35N3O5/c1-16(26(22(29)30)23(3,4)5)21(28)24-20-8-6-13-25(20)14-7-15-31-19-11-9-18(10-12-19)17(2)27/h9-12,16,20H,6-8,13-15H2,1-5H3,(H,24,28)(H,29,30)/t16-,20?/m0/s1. The van der Waals surface area contributed by atoms with Gasteiger partial charge < -0.3 is 15.2 Å². The van der Waals surface area contributed by atoms with Gasteiger partial charge in [-0.3, -0.25) is 19.4 Å². The fourth-order valence-electron chi connectivity index (χ4n) is 3.94. The Kier molecular flexibility index (Phi) is 8.44. The van der Waals surface area contributed by atoms with Crippen LogP contribution in [0.3, 0.4) is 0 Å². The van der Waals surface area contributed by atoms with Crippen LogP contribution in [-0.4, -0.2) is 70.1 Å². The lowest BCUT2D eigenvalue weighted by atomic mass is 10.0. The number of Topliss-reactive ketones (excluding diaryl/α,β-unsaturated/α-hetero) is 1. The van der Waals surface area contributed by atoms with Gasteiger partial charge in [-0.15, -0.1) is 0 Å². The number of carboxylic acid groups (broad SMARTS) is 1. The zero-order chi connectivity index (χ0) is 23.2. The van der Waals surface area contributed by atoms with E-state index in [9.17, 15) is 19.5 Å². The molecule has 1 aliphatic heterocycles. The van der Waals surface area contributed by atoms with E-state index in [2.05, 4.69) is 10.2 Å². The molecule has 1 aromatic rings. The average molecular weight is 434 g/mol. The van der Waals surface area contributed by atoms with E-state index in [1.807, 2.05) is 0 Å². The molecular weight excluding hydrogens is 398 g/mol. The van der Waals surface area contributed by atoms with Crippen LogP contribution in [0, 0.1) is 0 Å². The Labute approximate surface area is 184 Å². The Bertz CT molecular complexity index is 772. The fraction of sp³-hybridized carbons (Fsp3) is 0.609.